The fourth-order valence-corrected chi connectivity index (χ4v) is 5.62. The summed E-state index contributed by atoms with van der Waals surface area (Å²) in [4.78, 5) is 15.7. The van der Waals surface area contributed by atoms with Gasteiger partial charge in [0.1, 0.15) is 0 Å². The fraction of sp³-hybridized carbons (Fsp3) is 0.696. The van der Waals surface area contributed by atoms with Crippen molar-refractivity contribution in [3.8, 4) is 0 Å². The van der Waals surface area contributed by atoms with Gasteiger partial charge in [0, 0.05) is 25.6 Å². The molecule has 154 valence electrons. The SMILES string of the molecule is Cc1cccc(C(CNC(=O)C2CCCC23CCNCC3)N2CCOCC2)c1. The molecule has 1 aliphatic carbocycles. The van der Waals surface area contributed by atoms with Crippen molar-refractivity contribution in [2.45, 2.75) is 45.1 Å². The van der Waals surface area contributed by atoms with Crippen LogP contribution in [-0.2, 0) is 9.53 Å². The second-order valence-electron chi connectivity index (χ2n) is 8.88. The molecule has 0 aromatic heterocycles. The number of nitrogens with zero attached hydrogens (tertiary/aromatic N) is 1. The average molecular weight is 386 g/mol. The minimum absolute atomic E-state index is 0.192. The van der Waals surface area contributed by atoms with Crippen molar-refractivity contribution in [1.29, 1.82) is 0 Å². The predicted molar refractivity (Wildman–Crippen MR) is 111 cm³/mol. The Hall–Kier alpha value is -1.43. The van der Waals surface area contributed by atoms with E-state index < -0.39 is 0 Å². The molecule has 1 amide bonds. The van der Waals surface area contributed by atoms with Gasteiger partial charge < -0.3 is 15.4 Å². The Morgan fingerprint density at radius 3 is 2.82 bits per heavy atom. The van der Waals surface area contributed by atoms with Crippen LogP contribution in [0.1, 0.15) is 49.3 Å². The summed E-state index contributed by atoms with van der Waals surface area (Å²) in [6.07, 6.45) is 5.77. The highest BCUT2D eigenvalue weighted by atomic mass is 16.5. The Morgan fingerprint density at radius 1 is 1.29 bits per heavy atom. The molecule has 1 spiro atoms. The lowest BCUT2D eigenvalue weighted by Gasteiger charge is -2.39. The molecule has 2 unspecified atom stereocenters. The zero-order chi connectivity index (χ0) is 19.4. The van der Waals surface area contributed by atoms with Gasteiger partial charge in [-0.15, -0.1) is 0 Å². The molecule has 3 aliphatic rings. The number of benzene rings is 1. The summed E-state index contributed by atoms with van der Waals surface area (Å²) in [6, 6.07) is 8.94. The Balaban J connectivity index is 1.45. The van der Waals surface area contributed by atoms with Crippen molar-refractivity contribution in [2.24, 2.45) is 11.3 Å². The number of nitrogens with one attached hydrogen (secondary N) is 2. The van der Waals surface area contributed by atoms with Crippen LogP contribution in [0.25, 0.3) is 0 Å². The summed E-state index contributed by atoms with van der Waals surface area (Å²) in [5, 5.41) is 6.83. The van der Waals surface area contributed by atoms with E-state index in [1.807, 2.05) is 0 Å². The largest absolute Gasteiger partial charge is 0.379 e. The molecule has 3 fully saturated rings. The Morgan fingerprint density at radius 2 is 2.07 bits per heavy atom. The highest BCUT2D eigenvalue weighted by molar-refractivity contribution is 5.80. The topological polar surface area (TPSA) is 53.6 Å². The number of carbonyl (C=O) groups is 1. The molecule has 5 heteroatoms. The molecule has 5 nitrogen and oxygen atoms in total. The van der Waals surface area contributed by atoms with Gasteiger partial charge in [-0.05, 0) is 56.7 Å². The molecular formula is C23H35N3O2. The first-order valence-corrected chi connectivity index (χ1v) is 11.0. The number of carbonyl (C=O) groups excluding carboxylic acids is 1. The number of amides is 1. The smallest absolute Gasteiger partial charge is 0.223 e. The molecule has 0 bridgehead atoms. The highest BCUT2D eigenvalue weighted by Crippen LogP contribution is 2.49. The molecule has 2 aliphatic heterocycles. The van der Waals surface area contributed by atoms with E-state index in [1.165, 1.54) is 24.0 Å². The minimum Gasteiger partial charge on any atom is -0.379 e. The Labute approximate surface area is 169 Å². The van der Waals surface area contributed by atoms with Crippen LogP contribution in [0.5, 0.6) is 0 Å². The van der Waals surface area contributed by atoms with E-state index in [2.05, 4.69) is 46.7 Å². The standard InChI is InChI=1S/C23H35N3O2/c1-18-4-2-5-19(16-18)21(26-12-14-28-15-13-26)17-25-22(27)20-6-3-7-23(20)8-10-24-11-9-23/h2,4-5,16,20-21,24H,3,6-15,17H2,1H3,(H,25,27). The highest BCUT2D eigenvalue weighted by Gasteiger charge is 2.46. The molecule has 2 saturated heterocycles. The van der Waals surface area contributed by atoms with Crippen molar-refractivity contribution < 1.29 is 9.53 Å². The van der Waals surface area contributed by atoms with Gasteiger partial charge in [0.05, 0.1) is 19.3 Å². The van der Waals surface area contributed by atoms with Gasteiger partial charge in [-0.3, -0.25) is 9.69 Å². The van der Waals surface area contributed by atoms with Crippen molar-refractivity contribution in [1.82, 2.24) is 15.5 Å². The van der Waals surface area contributed by atoms with Crippen LogP contribution in [-0.4, -0.2) is 56.7 Å². The molecular weight excluding hydrogens is 350 g/mol. The molecule has 2 heterocycles. The van der Waals surface area contributed by atoms with Gasteiger partial charge in [-0.2, -0.15) is 0 Å². The number of piperidine rings is 1. The van der Waals surface area contributed by atoms with Gasteiger partial charge in [-0.1, -0.05) is 36.2 Å². The number of aryl methyl sites for hydroxylation is 1. The van der Waals surface area contributed by atoms with Crippen LogP contribution in [0, 0.1) is 18.3 Å². The van der Waals surface area contributed by atoms with Crippen molar-refractivity contribution >= 4 is 5.91 Å². The Bertz CT molecular complexity index is 666. The van der Waals surface area contributed by atoms with Gasteiger partial charge >= 0.3 is 0 Å². The third kappa shape index (κ3) is 4.27. The van der Waals surface area contributed by atoms with Gasteiger partial charge in [0.15, 0.2) is 0 Å². The van der Waals surface area contributed by atoms with Crippen LogP contribution in [0.3, 0.4) is 0 Å². The number of morpholine rings is 1. The summed E-state index contributed by atoms with van der Waals surface area (Å²) in [5.41, 5.74) is 2.81. The summed E-state index contributed by atoms with van der Waals surface area (Å²) in [7, 11) is 0. The second kappa shape index (κ2) is 8.93. The third-order valence-electron chi connectivity index (χ3n) is 7.21. The van der Waals surface area contributed by atoms with Crippen molar-refractivity contribution in [3.63, 3.8) is 0 Å². The summed E-state index contributed by atoms with van der Waals surface area (Å²) in [6.45, 7) is 8.34. The van der Waals surface area contributed by atoms with Crippen LogP contribution in [0.2, 0.25) is 0 Å². The van der Waals surface area contributed by atoms with Crippen LogP contribution >= 0.6 is 0 Å². The fourth-order valence-electron chi connectivity index (χ4n) is 5.62. The monoisotopic (exact) mass is 385 g/mol. The van der Waals surface area contributed by atoms with Crippen LogP contribution in [0.4, 0.5) is 0 Å². The van der Waals surface area contributed by atoms with E-state index in [4.69, 9.17) is 4.74 Å². The summed E-state index contributed by atoms with van der Waals surface area (Å²) < 4.78 is 5.56. The molecule has 4 rings (SSSR count). The average Bonchev–Trinajstić information content (AvgIpc) is 3.12. The normalized spacial score (nSPS) is 26.2. The van der Waals surface area contributed by atoms with E-state index in [1.54, 1.807) is 0 Å². The maximum atomic E-state index is 13.2. The zero-order valence-corrected chi connectivity index (χ0v) is 17.2. The molecule has 1 saturated carbocycles. The molecule has 28 heavy (non-hydrogen) atoms. The molecule has 2 N–H and O–H groups in total. The number of hydrogen-bond donors (Lipinski definition) is 2. The van der Waals surface area contributed by atoms with Crippen LogP contribution in [0.15, 0.2) is 24.3 Å². The first kappa shape index (κ1) is 19.9. The number of rotatable bonds is 5. The van der Waals surface area contributed by atoms with E-state index in [0.29, 0.717) is 6.54 Å². The van der Waals surface area contributed by atoms with Gasteiger partial charge in [0.2, 0.25) is 5.91 Å². The minimum atomic E-state index is 0.192. The quantitative estimate of drug-likeness (QED) is 0.818. The van der Waals surface area contributed by atoms with E-state index in [9.17, 15) is 4.79 Å². The molecule has 1 aromatic carbocycles. The molecule has 2 atom stereocenters. The number of hydrogen-bond acceptors (Lipinski definition) is 4. The van der Waals surface area contributed by atoms with E-state index >= 15 is 0 Å². The lowest BCUT2D eigenvalue weighted by molar-refractivity contribution is -0.129. The van der Waals surface area contributed by atoms with Crippen molar-refractivity contribution in [2.75, 3.05) is 45.9 Å². The second-order valence-corrected chi connectivity index (χ2v) is 8.88. The lowest BCUT2D eigenvalue weighted by Crippen LogP contribution is -2.48. The maximum Gasteiger partial charge on any atom is 0.223 e. The Kier molecular flexibility index (Phi) is 6.34. The van der Waals surface area contributed by atoms with Crippen molar-refractivity contribution in [3.05, 3.63) is 35.4 Å². The zero-order valence-electron chi connectivity index (χ0n) is 17.2. The third-order valence-corrected chi connectivity index (χ3v) is 7.21. The van der Waals surface area contributed by atoms with E-state index in [-0.39, 0.29) is 23.3 Å². The van der Waals surface area contributed by atoms with E-state index in [0.717, 1.165) is 58.7 Å². The molecule has 0 radical (unpaired) electrons. The lowest BCUT2D eigenvalue weighted by atomic mass is 9.70. The number of ether oxygens (including phenoxy) is 1. The molecule has 1 aromatic rings. The predicted octanol–water partition coefficient (Wildman–Crippen LogP) is 2.65. The van der Waals surface area contributed by atoms with Gasteiger partial charge in [-0.25, -0.2) is 0 Å². The summed E-state index contributed by atoms with van der Waals surface area (Å²) >= 11 is 0. The first-order chi connectivity index (χ1) is 13.7. The summed E-state index contributed by atoms with van der Waals surface area (Å²) in [5.74, 6) is 0.475. The van der Waals surface area contributed by atoms with Gasteiger partial charge in [0.25, 0.3) is 0 Å². The first-order valence-electron chi connectivity index (χ1n) is 11.0. The maximum absolute atomic E-state index is 13.2. The van der Waals surface area contributed by atoms with Crippen LogP contribution < -0.4 is 10.6 Å².